The Bertz CT molecular complexity index is 692. The third kappa shape index (κ3) is 2.46. The molecule has 0 unspecified atom stereocenters. The average molecular weight is 279 g/mol. The zero-order chi connectivity index (χ0) is 14.7. The van der Waals surface area contributed by atoms with Gasteiger partial charge in [0.25, 0.3) is 0 Å². The minimum atomic E-state index is -0.170. The molecule has 4 heteroatoms. The lowest BCUT2D eigenvalue weighted by Crippen LogP contribution is -2.18. The van der Waals surface area contributed by atoms with E-state index in [0.29, 0.717) is 0 Å². The first kappa shape index (κ1) is 13.5. The van der Waals surface area contributed by atoms with Crippen LogP contribution in [0.3, 0.4) is 0 Å². The third-order valence-electron chi connectivity index (χ3n) is 4.19. The van der Waals surface area contributed by atoms with Gasteiger partial charge in [0.05, 0.1) is 13.2 Å². The highest BCUT2D eigenvalue weighted by atomic mass is 16.5. The van der Waals surface area contributed by atoms with Gasteiger partial charge in [0.2, 0.25) is 0 Å². The number of azide groups is 1. The Kier molecular flexibility index (Phi) is 3.80. The van der Waals surface area contributed by atoms with Crippen molar-refractivity contribution in [3.63, 3.8) is 0 Å². The molecule has 1 aliphatic carbocycles. The summed E-state index contributed by atoms with van der Waals surface area (Å²) in [4.78, 5) is 3.07. The quantitative estimate of drug-likeness (QED) is 0.453. The van der Waals surface area contributed by atoms with Crippen LogP contribution >= 0.6 is 0 Å². The van der Waals surface area contributed by atoms with E-state index in [9.17, 15) is 0 Å². The number of para-hydroxylation sites is 1. The zero-order valence-corrected chi connectivity index (χ0v) is 11.9. The first-order valence-corrected chi connectivity index (χ1v) is 7.10. The Morgan fingerprint density at radius 3 is 2.57 bits per heavy atom. The second-order valence-corrected chi connectivity index (χ2v) is 5.24. The number of hydrogen-bond acceptors (Lipinski definition) is 2. The number of methoxy groups -OCH3 is 1. The minimum absolute atomic E-state index is 0.159. The lowest BCUT2D eigenvalue weighted by molar-refractivity contribution is 0.393. The molecule has 2 atom stereocenters. The Morgan fingerprint density at radius 2 is 1.81 bits per heavy atom. The van der Waals surface area contributed by atoms with E-state index in [1.54, 1.807) is 7.11 Å². The number of fused-ring (bicyclic) bond motifs is 1. The van der Waals surface area contributed by atoms with Gasteiger partial charge >= 0.3 is 0 Å². The predicted octanol–water partition coefficient (Wildman–Crippen LogP) is 4.78. The van der Waals surface area contributed by atoms with Gasteiger partial charge in [-0.2, -0.15) is 0 Å². The smallest absolute Gasteiger partial charge is 0.122 e. The maximum absolute atomic E-state index is 8.96. The number of aryl methyl sites for hydroxylation is 1. The predicted molar refractivity (Wildman–Crippen MR) is 82.4 cm³/mol. The van der Waals surface area contributed by atoms with Crippen molar-refractivity contribution in [2.24, 2.45) is 5.11 Å². The molecule has 3 rings (SSSR count). The van der Waals surface area contributed by atoms with E-state index >= 15 is 0 Å². The summed E-state index contributed by atoms with van der Waals surface area (Å²) in [5.74, 6) is 1.02. The van der Waals surface area contributed by atoms with Crippen LogP contribution in [0.25, 0.3) is 10.4 Å². The number of benzene rings is 2. The first-order chi connectivity index (χ1) is 10.3. The Morgan fingerprint density at radius 1 is 1.10 bits per heavy atom. The van der Waals surface area contributed by atoms with Crippen LogP contribution < -0.4 is 4.74 Å². The summed E-state index contributed by atoms with van der Waals surface area (Å²) in [6.07, 6.45) is 1.96. The van der Waals surface area contributed by atoms with E-state index < -0.39 is 0 Å². The van der Waals surface area contributed by atoms with Crippen LogP contribution in [0.5, 0.6) is 5.75 Å². The molecule has 0 saturated carbocycles. The summed E-state index contributed by atoms with van der Waals surface area (Å²) in [5.41, 5.74) is 12.5. The van der Waals surface area contributed by atoms with Gasteiger partial charge in [-0.3, -0.25) is 0 Å². The Labute approximate surface area is 124 Å². The maximum atomic E-state index is 8.96. The van der Waals surface area contributed by atoms with Crippen molar-refractivity contribution in [3.05, 3.63) is 75.7 Å². The van der Waals surface area contributed by atoms with Crippen LogP contribution in [0.4, 0.5) is 0 Å². The molecule has 2 aromatic rings. The molecule has 1 aliphatic rings. The molecule has 4 nitrogen and oxygen atoms in total. The molecule has 0 amide bonds. The standard InChI is InChI=1S/C17H17N3O/c1-21-16-9-5-4-8-14(16)15-11-10-12-6-2-3-7-13(12)17(15)19-20-18/h2-9,15,17H,10-11H2,1H3/t15-,17-/m1/s1. The average Bonchev–Trinajstić information content (AvgIpc) is 2.55. The number of rotatable bonds is 3. The summed E-state index contributed by atoms with van der Waals surface area (Å²) in [5, 5.41) is 4.08. The second kappa shape index (κ2) is 5.90. The van der Waals surface area contributed by atoms with E-state index in [2.05, 4.69) is 28.2 Å². The summed E-state index contributed by atoms with van der Waals surface area (Å²) in [6.45, 7) is 0. The maximum Gasteiger partial charge on any atom is 0.122 e. The van der Waals surface area contributed by atoms with E-state index in [4.69, 9.17) is 10.3 Å². The molecular formula is C17H17N3O. The molecule has 0 N–H and O–H groups in total. The van der Waals surface area contributed by atoms with Crippen LogP contribution in [-0.2, 0) is 6.42 Å². The monoisotopic (exact) mass is 279 g/mol. The van der Waals surface area contributed by atoms with Crippen LogP contribution in [0.2, 0.25) is 0 Å². The fourth-order valence-electron chi connectivity index (χ4n) is 3.23. The fourth-order valence-corrected chi connectivity index (χ4v) is 3.23. The van der Waals surface area contributed by atoms with Crippen molar-refractivity contribution in [1.82, 2.24) is 0 Å². The molecule has 0 heterocycles. The van der Waals surface area contributed by atoms with Crippen LogP contribution in [0.15, 0.2) is 53.6 Å². The third-order valence-corrected chi connectivity index (χ3v) is 4.19. The highest BCUT2D eigenvalue weighted by Crippen LogP contribution is 2.45. The summed E-state index contributed by atoms with van der Waals surface area (Å²) in [7, 11) is 1.68. The Balaban J connectivity index is 2.09. The largest absolute Gasteiger partial charge is 0.496 e. The fraction of sp³-hybridized carbons (Fsp3) is 0.294. The van der Waals surface area contributed by atoms with Gasteiger partial charge in [0.1, 0.15) is 5.75 Å². The Hall–Kier alpha value is -2.45. The molecule has 0 fully saturated rings. The molecule has 0 spiro atoms. The molecule has 0 radical (unpaired) electrons. The van der Waals surface area contributed by atoms with Crippen LogP contribution in [-0.4, -0.2) is 7.11 Å². The molecule has 0 aliphatic heterocycles. The SMILES string of the molecule is COc1ccccc1[C@H]1CCc2ccccc2[C@H]1N=[N+]=[N-]. The topological polar surface area (TPSA) is 58.0 Å². The molecule has 106 valence electrons. The van der Waals surface area contributed by atoms with Gasteiger partial charge in [-0.25, -0.2) is 0 Å². The molecule has 0 bridgehead atoms. The van der Waals surface area contributed by atoms with E-state index in [0.717, 1.165) is 29.7 Å². The summed E-state index contributed by atoms with van der Waals surface area (Å²) in [6, 6.07) is 16.0. The molecular weight excluding hydrogens is 262 g/mol. The highest BCUT2D eigenvalue weighted by Gasteiger charge is 2.31. The van der Waals surface area contributed by atoms with E-state index in [1.807, 2.05) is 30.3 Å². The molecule has 0 aromatic heterocycles. The van der Waals surface area contributed by atoms with Crippen molar-refractivity contribution < 1.29 is 4.74 Å². The zero-order valence-electron chi connectivity index (χ0n) is 11.9. The van der Waals surface area contributed by atoms with Crippen LogP contribution in [0.1, 0.15) is 35.1 Å². The number of hydrogen-bond donors (Lipinski definition) is 0. The van der Waals surface area contributed by atoms with Gasteiger partial charge < -0.3 is 4.74 Å². The normalized spacial score (nSPS) is 20.2. The van der Waals surface area contributed by atoms with Gasteiger partial charge in [-0.05, 0) is 41.1 Å². The highest BCUT2D eigenvalue weighted by molar-refractivity contribution is 5.42. The van der Waals surface area contributed by atoms with Gasteiger partial charge in [-0.1, -0.05) is 47.6 Å². The lowest BCUT2D eigenvalue weighted by atomic mass is 9.76. The van der Waals surface area contributed by atoms with Crippen LogP contribution in [0, 0.1) is 0 Å². The van der Waals surface area contributed by atoms with Gasteiger partial charge in [-0.15, -0.1) is 0 Å². The van der Waals surface area contributed by atoms with Gasteiger partial charge in [0, 0.05) is 10.8 Å². The van der Waals surface area contributed by atoms with Crippen molar-refractivity contribution >= 4 is 0 Å². The second-order valence-electron chi connectivity index (χ2n) is 5.24. The van der Waals surface area contributed by atoms with Gasteiger partial charge in [0.15, 0.2) is 0 Å². The van der Waals surface area contributed by atoms with Crippen molar-refractivity contribution in [2.45, 2.75) is 24.8 Å². The lowest BCUT2D eigenvalue weighted by Gasteiger charge is -2.31. The summed E-state index contributed by atoms with van der Waals surface area (Å²) < 4.78 is 5.48. The van der Waals surface area contributed by atoms with E-state index in [1.165, 1.54) is 5.56 Å². The summed E-state index contributed by atoms with van der Waals surface area (Å²) >= 11 is 0. The van der Waals surface area contributed by atoms with Crippen molar-refractivity contribution in [3.8, 4) is 5.75 Å². The number of ether oxygens (including phenoxy) is 1. The molecule has 21 heavy (non-hydrogen) atoms. The number of nitrogens with zero attached hydrogens (tertiary/aromatic N) is 3. The molecule has 0 saturated heterocycles. The van der Waals surface area contributed by atoms with Crippen molar-refractivity contribution in [2.75, 3.05) is 7.11 Å². The van der Waals surface area contributed by atoms with Crippen molar-refractivity contribution in [1.29, 1.82) is 0 Å². The minimum Gasteiger partial charge on any atom is -0.496 e. The molecule has 2 aromatic carbocycles. The first-order valence-electron chi connectivity index (χ1n) is 7.10. The van der Waals surface area contributed by atoms with E-state index in [-0.39, 0.29) is 12.0 Å².